The maximum absolute atomic E-state index is 13.5. The number of carbonyl (C=O) groups excluding carboxylic acids is 3. The van der Waals surface area contributed by atoms with Crippen LogP contribution >= 0.6 is 0 Å². The molecular weight excluding hydrogens is 410 g/mol. The molecule has 2 aromatic rings. The van der Waals surface area contributed by atoms with Crippen molar-refractivity contribution in [2.45, 2.75) is 37.9 Å². The van der Waals surface area contributed by atoms with Crippen LogP contribution in [0.3, 0.4) is 0 Å². The fourth-order valence-electron chi connectivity index (χ4n) is 4.49. The van der Waals surface area contributed by atoms with Crippen molar-refractivity contribution in [1.29, 1.82) is 0 Å². The first kappa shape index (κ1) is 21.5. The number of nitrogens with one attached hydrogen (secondary N) is 1. The zero-order chi connectivity index (χ0) is 22.8. The Morgan fingerprint density at radius 2 is 1.72 bits per heavy atom. The van der Waals surface area contributed by atoms with Gasteiger partial charge in [-0.25, -0.2) is 4.79 Å². The van der Waals surface area contributed by atoms with Gasteiger partial charge in [-0.2, -0.15) is 0 Å². The van der Waals surface area contributed by atoms with Crippen LogP contribution < -0.4 is 5.32 Å². The van der Waals surface area contributed by atoms with Gasteiger partial charge in [-0.15, -0.1) is 0 Å². The van der Waals surface area contributed by atoms with E-state index in [0.717, 1.165) is 10.8 Å². The molecule has 2 aromatic carbocycles. The van der Waals surface area contributed by atoms with E-state index in [1.54, 1.807) is 12.1 Å². The topological polar surface area (TPSA) is 107 Å². The van der Waals surface area contributed by atoms with Crippen molar-refractivity contribution in [2.24, 2.45) is 0 Å². The summed E-state index contributed by atoms with van der Waals surface area (Å²) in [5, 5.41) is 14.3. The lowest BCUT2D eigenvalue weighted by atomic mass is 9.97. The lowest BCUT2D eigenvalue weighted by Crippen LogP contribution is -2.66. The Kier molecular flexibility index (Phi) is 5.94. The largest absolute Gasteiger partial charge is 0.480 e. The highest BCUT2D eigenvalue weighted by Gasteiger charge is 2.44. The summed E-state index contributed by atoms with van der Waals surface area (Å²) in [5.41, 5.74) is 0.453. The minimum atomic E-state index is -1.17. The number of rotatable bonds is 3. The van der Waals surface area contributed by atoms with Gasteiger partial charge in [0.1, 0.15) is 12.1 Å². The van der Waals surface area contributed by atoms with Crippen molar-refractivity contribution in [3.8, 4) is 0 Å². The van der Waals surface area contributed by atoms with Gasteiger partial charge in [0.2, 0.25) is 11.8 Å². The molecule has 4 rings (SSSR count). The number of nitrogens with zero attached hydrogens (tertiary/aromatic N) is 2. The summed E-state index contributed by atoms with van der Waals surface area (Å²) in [7, 11) is 0. The van der Waals surface area contributed by atoms with Crippen LogP contribution in [0.15, 0.2) is 54.6 Å². The number of piperazine rings is 1. The number of fused-ring (bicyclic) bond motifs is 2. The lowest BCUT2D eigenvalue weighted by molar-refractivity contribution is -0.160. The predicted octanol–water partition coefficient (Wildman–Crippen LogP) is 1.80. The maximum atomic E-state index is 13.5. The van der Waals surface area contributed by atoms with Gasteiger partial charge in [-0.3, -0.25) is 14.4 Å². The summed E-state index contributed by atoms with van der Waals surface area (Å²) < 4.78 is 0. The summed E-state index contributed by atoms with van der Waals surface area (Å²) >= 11 is 0. The van der Waals surface area contributed by atoms with E-state index in [9.17, 15) is 24.3 Å². The van der Waals surface area contributed by atoms with Gasteiger partial charge < -0.3 is 20.2 Å². The Balaban J connectivity index is 1.62. The Morgan fingerprint density at radius 3 is 2.47 bits per heavy atom. The second kappa shape index (κ2) is 8.82. The third-order valence-corrected chi connectivity index (χ3v) is 6.12. The second-order valence-electron chi connectivity index (χ2n) is 8.17. The molecule has 0 radical (unpaired) electrons. The van der Waals surface area contributed by atoms with E-state index >= 15 is 0 Å². The fourth-order valence-corrected chi connectivity index (χ4v) is 4.49. The molecule has 0 saturated carbocycles. The van der Waals surface area contributed by atoms with Crippen molar-refractivity contribution in [2.75, 3.05) is 13.1 Å². The summed E-state index contributed by atoms with van der Waals surface area (Å²) in [6.45, 7) is 1.59. The van der Waals surface area contributed by atoms with E-state index in [0.29, 0.717) is 12.0 Å². The fraction of sp³-hybridized carbons (Fsp3) is 0.333. The molecule has 1 fully saturated rings. The number of carboxylic acids is 1. The Morgan fingerprint density at radius 1 is 1.00 bits per heavy atom. The van der Waals surface area contributed by atoms with Crippen molar-refractivity contribution < 1.29 is 24.3 Å². The van der Waals surface area contributed by atoms with Gasteiger partial charge in [0.25, 0.3) is 5.91 Å². The summed E-state index contributed by atoms with van der Waals surface area (Å²) in [6, 6.07) is 10.4. The minimum Gasteiger partial charge on any atom is -0.480 e. The molecule has 0 aromatic heterocycles. The second-order valence-corrected chi connectivity index (χ2v) is 8.17. The molecule has 1 saturated heterocycles. The number of hydrogen-bond donors (Lipinski definition) is 2. The molecule has 2 N–H and O–H groups in total. The number of benzene rings is 2. The minimum absolute atomic E-state index is 0.0688. The van der Waals surface area contributed by atoms with Crippen LogP contribution in [0.25, 0.3) is 10.8 Å². The third kappa shape index (κ3) is 4.08. The Bertz CT molecular complexity index is 1110. The maximum Gasteiger partial charge on any atom is 0.328 e. The van der Waals surface area contributed by atoms with Crippen LogP contribution in [0.1, 0.15) is 30.1 Å². The lowest BCUT2D eigenvalue weighted by Gasteiger charge is -2.46. The van der Waals surface area contributed by atoms with Crippen molar-refractivity contribution in [3.05, 3.63) is 60.2 Å². The van der Waals surface area contributed by atoms with Crippen LogP contribution in [0.4, 0.5) is 0 Å². The van der Waals surface area contributed by atoms with Gasteiger partial charge in [0.05, 0.1) is 12.6 Å². The predicted molar refractivity (Wildman–Crippen MR) is 118 cm³/mol. The van der Waals surface area contributed by atoms with Gasteiger partial charge in [0.15, 0.2) is 0 Å². The molecule has 3 amide bonds. The first-order valence-electron chi connectivity index (χ1n) is 10.6. The number of carbonyl (C=O) groups is 4. The van der Waals surface area contributed by atoms with E-state index < -0.39 is 30.0 Å². The standard InChI is InChI=1S/C24H25N3O5/c1-15(28)26-13-17-9-3-5-12-20(23(30)27(17)21(14-26)24(31)32)25-22(29)19-11-6-8-16-7-2-4-10-18(16)19/h2-8,10-11,17,20-21H,9,12-14H2,1H3,(H,25,29)(H,31,32)/b5-3-/t17-,20-,21-/m0/s1. The molecule has 166 valence electrons. The van der Waals surface area contributed by atoms with Crippen molar-refractivity contribution in [3.63, 3.8) is 0 Å². The van der Waals surface area contributed by atoms with E-state index in [4.69, 9.17) is 0 Å². The monoisotopic (exact) mass is 435 g/mol. The van der Waals surface area contributed by atoms with Crippen molar-refractivity contribution in [1.82, 2.24) is 15.1 Å². The smallest absolute Gasteiger partial charge is 0.328 e. The van der Waals surface area contributed by atoms with Gasteiger partial charge >= 0.3 is 5.97 Å². The van der Waals surface area contributed by atoms with Crippen LogP contribution in [0, 0.1) is 0 Å². The highest BCUT2D eigenvalue weighted by molar-refractivity contribution is 6.08. The molecule has 2 aliphatic rings. The van der Waals surface area contributed by atoms with Crippen LogP contribution in [0.2, 0.25) is 0 Å². The van der Waals surface area contributed by atoms with Gasteiger partial charge in [-0.1, -0.05) is 48.6 Å². The normalized spacial score (nSPS) is 24.3. The molecule has 3 atom stereocenters. The zero-order valence-electron chi connectivity index (χ0n) is 17.7. The van der Waals surface area contributed by atoms with E-state index in [1.807, 2.05) is 42.5 Å². The summed E-state index contributed by atoms with van der Waals surface area (Å²) in [6.07, 6.45) is 4.42. The Labute approximate surface area is 185 Å². The highest BCUT2D eigenvalue weighted by Crippen LogP contribution is 2.24. The van der Waals surface area contributed by atoms with Gasteiger partial charge in [-0.05, 0) is 29.7 Å². The molecule has 32 heavy (non-hydrogen) atoms. The van der Waals surface area contributed by atoms with Gasteiger partial charge in [0, 0.05) is 19.0 Å². The first-order valence-corrected chi connectivity index (χ1v) is 10.6. The average molecular weight is 435 g/mol. The molecule has 0 spiro atoms. The quantitative estimate of drug-likeness (QED) is 0.715. The number of hydrogen-bond acceptors (Lipinski definition) is 4. The summed E-state index contributed by atoms with van der Waals surface area (Å²) in [4.78, 5) is 53.3. The summed E-state index contributed by atoms with van der Waals surface area (Å²) in [5.74, 6) is -2.23. The highest BCUT2D eigenvalue weighted by atomic mass is 16.4. The average Bonchev–Trinajstić information content (AvgIpc) is 2.78. The van der Waals surface area contributed by atoms with Crippen LogP contribution in [-0.2, 0) is 14.4 Å². The molecule has 0 unspecified atom stereocenters. The molecule has 8 heteroatoms. The van der Waals surface area contributed by atoms with Crippen molar-refractivity contribution >= 4 is 34.5 Å². The molecule has 2 aliphatic heterocycles. The SMILES string of the molecule is CC(=O)N1C[C@@H]2C/C=C\C[C@H](NC(=O)c3cccc4ccccc34)C(=O)N2[C@H](C(=O)O)C1. The van der Waals surface area contributed by atoms with E-state index in [1.165, 1.54) is 16.7 Å². The van der Waals surface area contributed by atoms with Crippen LogP contribution in [0.5, 0.6) is 0 Å². The van der Waals surface area contributed by atoms with Crippen LogP contribution in [-0.4, -0.2) is 69.8 Å². The Hall–Kier alpha value is -3.68. The molecule has 0 aliphatic carbocycles. The van der Waals surface area contributed by atoms with E-state index in [-0.39, 0.29) is 31.3 Å². The molecule has 2 heterocycles. The zero-order valence-corrected chi connectivity index (χ0v) is 17.7. The first-order chi connectivity index (χ1) is 15.4. The number of carboxylic acid groups (broad SMARTS) is 1. The third-order valence-electron chi connectivity index (χ3n) is 6.12. The molecule has 0 bridgehead atoms. The number of aliphatic carboxylic acids is 1. The molecule has 8 nitrogen and oxygen atoms in total. The molecular formula is C24H25N3O5. The number of amides is 3. The van der Waals surface area contributed by atoms with E-state index in [2.05, 4.69) is 5.32 Å².